The van der Waals surface area contributed by atoms with Gasteiger partial charge >= 0.3 is 0 Å². The molecule has 2 heterocycles. The highest BCUT2D eigenvalue weighted by Crippen LogP contribution is 2.30. The zero-order chi connectivity index (χ0) is 29.1. The molecule has 1 atom stereocenters. The molecule has 0 aliphatic carbocycles. The molecule has 0 fully saturated rings. The number of nitrogens with one attached hydrogen (secondary N) is 2. The number of aromatic nitrogens is 1. The third-order valence-corrected chi connectivity index (χ3v) is 7.07. The van der Waals surface area contributed by atoms with E-state index in [4.69, 9.17) is 4.99 Å². The summed E-state index contributed by atoms with van der Waals surface area (Å²) in [6.45, 7) is 0. The summed E-state index contributed by atoms with van der Waals surface area (Å²) in [5.41, 5.74) is 4.19. The molecule has 1 aliphatic heterocycles. The first-order valence-corrected chi connectivity index (χ1v) is 13.4. The highest BCUT2D eigenvalue weighted by Gasteiger charge is 2.27. The molecule has 0 radical (unpaired) electrons. The van der Waals surface area contributed by atoms with Crippen molar-refractivity contribution in [2.24, 2.45) is 4.99 Å². The van der Waals surface area contributed by atoms with Gasteiger partial charge in [-0.1, -0.05) is 60.7 Å². The molecule has 1 aromatic heterocycles. The van der Waals surface area contributed by atoms with E-state index in [9.17, 15) is 19.7 Å². The first kappa shape index (κ1) is 26.5. The number of carbonyl (C=O) groups is 2. The Bertz CT molecular complexity index is 1850. The van der Waals surface area contributed by atoms with E-state index in [0.29, 0.717) is 40.3 Å². The van der Waals surface area contributed by atoms with Crippen LogP contribution in [-0.2, 0) is 22.4 Å². The van der Waals surface area contributed by atoms with Crippen molar-refractivity contribution in [3.8, 4) is 0 Å². The molecular formula is C33H25N5O4. The number of hydrogen-bond acceptors (Lipinski definition) is 6. The van der Waals surface area contributed by atoms with Crippen molar-refractivity contribution < 1.29 is 14.5 Å². The Labute approximate surface area is 241 Å². The third kappa shape index (κ3) is 5.75. The Morgan fingerprint density at radius 2 is 1.69 bits per heavy atom. The van der Waals surface area contributed by atoms with Crippen LogP contribution in [-0.4, -0.2) is 33.5 Å². The first-order valence-electron chi connectivity index (χ1n) is 13.4. The average molecular weight is 556 g/mol. The second-order valence-corrected chi connectivity index (χ2v) is 9.98. The fraction of sp³-hybridized carbons (Fsp3) is 0.0909. The molecule has 0 spiro atoms. The van der Waals surface area contributed by atoms with Crippen molar-refractivity contribution in [2.75, 3.05) is 10.6 Å². The van der Waals surface area contributed by atoms with Crippen LogP contribution in [0.2, 0.25) is 0 Å². The number of hydrogen-bond donors (Lipinski definition) is 2. The molecule has 6 rings (SSSR count). The van der Waals surface area contributed by atoms with Crippen molar-refractivity contribution in [2.45, 2.75) is 18.9 Å². The lowest BCUT2D eigenvalue weighted by atomic mass is 9.99. The maximum absolute atomic E-state index is 13.4. The summed E-state index contributed by atoms with van der Waals surface area (Å²) in [5.74, 6) is -0.547. The largest absolute Gasteiger partial charge is 0.326 e. The SMILES string of the molecule is O=C(Cc1ccccn1)Nc1ccc(C2=NC(Cc3ccc4ccccc4c3)C(=O)Nc3cc([N+](=O)[O-])ccc32)cc1. The number of nitrogens with zero attached hydrogens (tertiary/aromatic N) is 3. The molecule has 2 amide bonds. The van der Waals surface area contributed by atoms with E-state index in [0.717, 1.165) is 16.3 Å². The molecule has 0 bridgehead atoms. The summed E-state index contributed by atoms with van der Waals surface area (Å²) in [5, 5.41) is 19.4. The number of benzene rings is 4. The predicted molar refractivity (Wildman–Crippen MR) is 162 cm³/mol. The Morgan fingerprint density at radius 1 is 0.905 bits per heavy atom. The number of fused-ring (bicyclic) bond motifs is 2. The molecule has 9 nitrogen and oxygen atoms in total. The Morgan fingerprint density at radius 3 is 2.45 bits per heavy atom. The van der Waals surface area contributed by atoms with Crippen LogP contribution < -0.4 is 10.6 Å². The van der Waals surface area contributed by atoms with Gasteiger partial charge in [-0.05, 0) is 46.7 Å². The summed E-state index contributed by atoms with van der Waals surface area (Å²) in [4.78, 5) is 46.0. The van der Waals surface area contributed by atoms with E-state index < -0.39 is 11.0 Å². The van der Waals surface area contributed by atoms with Crippen LogP contribution in [0.15, 0.2) is 114 Å². The number of pyridine rings is 1. The lowest BCUT2D eigenvalue weighted by Crippen LogP contribution is -2.27. The minimum absolute atomic E-state index is 0.132. The molecule has 1 aliphatic rings. The van der Waals surface area contributed by atoms with E-state index in [-0.39, 0.29) is 23.9 Å². The first-order chi connectivity index (χ1) is 20.4. The Balaban J connectivity index is 1.32. The van der Waals surface area contributed by atoms with Gasteiger partial charge in [0, 0.05) is 47.3 Å². The van der Waals surface area contributed by atoms with Crippen molar-refractivity contribution >= 4 is 45.4 Å². The van der Waals surface area contributed by atoms with E-state index >= 15 is 0 Å². The summed E-state index contributed by atoms with van der Waals surface area (Å²) in [6.07, 6.45) is 2.13. The smallest absolute Gasteiger partial charge is 0.271 e. The summed E-state index contributed by atoms with van der Waals surface area (Å²) >= 11 is 0. The maximum Gasteiger partial charge on any atom is 0.271 e. The fourth-order valence-corrected chi connectivity index (χ4v) is 5.00. The number of nitro benzene ring substituents is 1. The van der Waals surface area contributed by atoms with Gasteiger partial charge in [0.1, 0.15) is 6.04 Å². The molecule has 0 saturated heterocycles. The van der Waals surface area contributed by atoms with Crippen molar-refractivity contribution in [3.05, 3.63) is 142 Å². The van der Waals surface area contributed by atoms with Gasteiger partial charge in [0.05, 0.1) is 22.7 Å². The molecule has 2 N–H and O–H groups in total. The van der Waals surface area contributed by atoms with Gasteiger partial charge in [-0.25, -0.2) is 0 Å². The van der Waals surface area contributed by atoms with Crippen LogP contribution in [0.5, 0.6) is 0 Å². The minimum Gasteiger partial charge on any atom is -0.326 e. The van der Waals surface area contributed by atoms with Crippen LogP contribution in [0.3, 0.4) is 0 Å². The van der Waals surface area contributed by atoms with E-state index in [1.807, 2.05) is 60.7 Å². The van der Waals surface area contributed by atoms with Crippen LogP contribution in [0, 0.1) is 10.1 Å². The standard InChI is InChI=1S/C33H25N5O4/c39-31(19-26-7-3-4-16-34-26)35-25-12-10-23(11-13-25)32-28-15-14-27(38(41)42)20-29(28)37-33(40)30(36-32)18-21-8-9-22-5-1-2-6-24(22)17-21/h1-17,20,30H,18-19H2,(H,35,39)(H,37,40). The zero-order valence-electron chi connectivity index (χ0n) is 22.4. The van der Waals surface area contributed by atoms with Crippen LogP contribution in [0.25, 0.3) is 10.8 Å². The van der Waals surface area contributed by atoms with E-state index in [2.05, 4.69) is 15.6 Å². The lowest BCUT2D eigenvalue weighted by molar-refractivity contribution is -0.384. The van der Waals surface area contributed by atoms with E-state index in [1.165, 1.54) is 12.1 Å². The Kier molecular flexibility index (Phi) is 7.21. The highest BCUT2D eigenvalue weighted by molar-refractivity contribution is 6.20. The van der Waals surface area contributed by atoms with Gasteiger partial charge in [-0.15, -0.1) is 0 Å². The second-order valence-electron chi connectivity index (χ2n) is 9.98. The monoisotopic (exact) mass is 555 g/mol. The fourth-order valence-electron chi connectivity index (χ4n) is 5.00. The summed E-state index contributed by atoms with van der Waals surface area (Å²) in [7, 11) is 0. The van der Waals surface area contributed by atoms with Crippen molar-refractivity contribution in [1.82, 2.24) is 4.98 Å². The number of benzodiazepines with no additional fused rings is 1. The number of anilines is 2. The maximum atomic E-state index is 13.4. The van der Waals surface area contributed by atoms with Crippen molar-refractivity contribution in [1.29, 1.82) is 0 Å². The van der Waals surface area contributed by atoms with Crippen LogP contribution in [0.4, 0.5) is 17.1 Å². The van der Waals surface area contributed by atoms with Crippen molar-refractivity contribution in [3.63, 3.8) is 0 Å². The average Bonchev–Trinajstić information content (AvgIpc) is 3.13. The van der Waals surface area contributed by atoms with Gasteiger partial charge in [-0.3, -0.25) is 29.7 Å². The molecule has 42 heavy (non-hydrogen) atoms. The highest BCUT2D eigenvalue weighted by atomic mass is 16.6. The number of aliphatic imine (C=N–C) groups is 1. The van der Waals surface area contributed by atoms with E-state index in [1.54, 1.807) is 36.5 Å². The quantitative estimate of drug-likeness (QED) is 0.196. The normalized spacial score (nSPS) is 14.3. The van der Waals surface area contributed by atoms with Gasteiger partial charge in [-0.2, -0.15) is 0 Å². The number of amides is 2. The summed E-state index contributed by atoms with van der Waals surface area (Å²) in [6, 6.07) is 30.2. The number of carbonyl (C=O) groups excluding carboxylic acids is 2. The second kappa shape index (κ2) is 11.4. The Hall–Kier alpha value is -5.70. The van der Waals surface area contributed by atoms with Gasteiger partial charge in [0.25, 0.3) is 5.69 Å². The van der Waals surface area contributed by atoms with Gasteiger partial charge in [0.15, 0.2) is 0 Å². The number of rotatable bonds is 7. The number of non-ortho nitro benzene ring substituents is 1. The van der Waals surface area contributed by atoms with Crippen LogP contribution >= 0.6 is 0 Å². The minimum atomic E-state index is -0.773. The summed E-state index contributed by atoms with van der Waals surface area (Å²) < 4.78 is 0. The number of nitro groups is 1. The lowest BCUT2D eigenvalue weighted by Gasteiger charge is -2.12. The zero-order valence-corrected chi connectivity index (χ0v) is 22.4. The van der Waals surface area contributed by atoms with Crippen LogP contribution in [0.1, 0.15) is 22.4 Å². The molecule has 206 valence electrons. The molecule has 5 aromatic rings. The molecule has 0 saturated carbocycles. The molecule has 1 unspecified atom stereocenters. The molecule has 9 heteroatoms. The third-order valence-electron chi connectivity index (χ3n) is 7.07. The molecular weight excluding hydrogens is 530 g/mol. The predicted octanol–water partition coefficient (Wildman–Crippen LogP) is 5.73. The van der Waals surface area contributed by atoms with Gasteiger partial charge < -0.3 is 10.6 Å². The topological polar surface area (TPSA) is 127 Å². The molecule has 4 aromatic carbocycles. The van der Waals surface area contributed by atoms with Gasteiger partial charge in [0.2, 0.25) is 11.8 Å².